The fourth-order valence-electron chi connectivity index (χ4n) is 2.28. The van der Waals surface area contributed by atoms with E-state index >= 15 is 0 Å². The van der Waals surface area contributed by atoms with Crippen LogP contribution in [0, 0.1) is 0 Å². The number of azide groups is 1. The molecule has 0 heterocycles. The molecule has 22 heavy (non-hydrogen) atoms. The van der Waals surface area contributed by atoms with Gasteiger partial charge in [0.1, 0.15) is 38.7 Å². The molecule has 0 radical (unpaired) electrons. The summed E-state index contributed by atoms with van der Waals surface area (Å²) < 4.78 is 31.8. The van der Waals surface area contributed by atoms with Gasteiger partial charge in [-0.15, -0.1) is 0 Å². The topological polar surface area (TPSA) is 104 Å². The summed E-state index contributed by atoms with van der Waals surface area (Å²) in [6.45, 7) is 2.07. The van der Waals surface area contributed by atoms with Gasteiger partial charge in [-0.1, -0.05) is 11.2 Å². The first-order chi connectivity index (χ1) is 10.7. The van der Waals surface area contributed by atoms with Crippen LogP contribution in [0.2, 0.25) is 0 Å². The third kappa shape index (κ3) is 5.22. The molecule has 0 fully saturated rings. The fourth-order valence-corrected chi connectivity index (χ4v) is 2.28. The molecule has 126 valence electrons. The van der Waals surface area contributed by atoms with Gasteiger partial charge in [0.05, 0.1) is 6.04 Å². The Bertz CT molecular complexity index is 399. The van der Waals surface area contributed by atoms with E-state index in [0.29, 0.717) is 0 Å². The van der Waals surface area contributed by atoms with E-state index in [1.165, 1.54) is 21.3 Å². The highest BCUT2D eigenvalue weighted by Crippen LogP contribution is 2.29. The molecule has 0 amide bonds. The molecule has 0 saturated carbocycles. The molecule has 0 aromatic heterocycles. The minimum atomic E-state index is -0.559. The third-order valence-corrected chi connectivity index (χ3v) is 3.15. The summed E-state index contributed by atoms with van der Waals surface area (Å²) in [5.41, 5.74) is 9.61. The van der Waals surface area contributed by atoms with Gasteiger partial charge in [-0.05, 0) is 18.0 Å². The summed E-state index contributed by atoms with van der Waals surface area (Å²) in [4.78, 5) is 2.86. The quantitative estimate of drug-likeness (QED) is 0.199. The second-order valence-electron chi connectivity index (χ2n) is 4.68. The van der Waals surface area contributed by atoms with E-state index in [9.17, 15) is 0 Å². The Morgan fingerprint density at radius 1 is 1.00 bits per heavy atom. The van der Waals surface area contributed by atoms with Crippen molar-refractivity contribution in [1.29, 1.82) is 0 Å². The lowest BCUT2D eigenvalue weighted by Crippen LogP contribution is -2.52. The molecule has 9 nitrogen and oxygen atoms in total. The number of hydrogen-bond acceptors (Lipinski definition) is 7. The molecule has 0 aromatic rings. The molecular weight excluding hydrogens is 294 g/mol. The Hall–Kier alpha value is -1.19. The zero-order valence-electron chi connectivity index (χ0n) is 13.3. The Kier molecular flexibility index (Phi) is 9.02. The summed E-state index contributed by atoms with van der Waals surface area (Å²) >= 11 is 0. The maximum absolute atomic E-state index is 8.74. The number of ether oxygens (including phenoxy) is 6. The van der Waals surface area contributed by atoms with Crippen LogP contribution in [0.25, 0.3) is 10.4 Å². The minimum absolute atomic E-state index is 0.0405. The average molecular weight is 317 g/mol. The van der Waals surface area contributed by atoms with Gasteiger partial charge in [0.2, 0.25) is 0 Å². The van der Waals surface area contributed by atoms with Gasteiger partial charge in [-0.3, -0.25) is 0 Å². The molecule has 0 bridgehead atoms. The predicted molar refractivity (Wildman–Crippen MR) is 76.9 cm³/mol. The van der Waals surface area contributed by atoms with E-state index in [2.05, 4.69) is 10.0 Å². The zero-order valence-corrected chi connectivity index (χ0v) is 13.3. The van der Waals surface area contributed by atoms with Gasteiger partial charge in [0.15, 0.2) is 0 Å². The van der Waals surface area contributed by atoms with Crippen LogP contribution in [0.1, 0.15) is 6.92 Å². The van der Waals surface area contributed by atoms with Crippen LogP contribution in [0.3, 0.4) is 0 Å². The highest BCUT2D eigenvalue weighted by molar-refractivity contribution is 5.20. The van der Waals surface area contributed by atoms with Gasteiger partial charge < -0.3 is 28.4 Å². The fraction of sp³-hybridized carbons (Fsp3) is 0.846. The van der Waals surface area contributed by atoms with Crippen LogP contribution in [0.4, 0.5) is 0 Å². The van der Waals surface area contributed by atoms with E-state index < -0.39 is 24.4 Å². The van der Waals surface area contributed by atoms with Crippen molar-refractivity contribution in [3.8, 4) is 0 Å². The lowest BCUT2D eigenvalue weighted by atomic mass is 9.88. The zero-order chi connectivity index (χ0) is 16.4. The first-order valence-corrected chi connectivity index (χ1v) is 6.73. The van der Waals surface area contributed by atoms with Crippen LogP contribution in [0.15, 0.2) is 16.8 Å². The molecule has 1 rings (SSSR count). The summed E-state index contributed by atoms with van der Waals surface area (Å²) in [6.07, 6.45) is 0.317. The lowest BCUT2D eigenvalue weighted by Gasteiger charge is -2.39. The molecule has 0 unspecified atom stereocenters. The summed E-state index contributed by atoms with van der Waals surface area (Å²) in [5, 5.41) is 3.76. The molecule has 1 aliphatic rings. The van der Waals surface area contributed by atoms with Crippen molar-refractivity contribution >= 4 is 0 Å². The van der Waals surface area contributed by atoms with Crippen LogP contribution in [0.5, 0.6) is 0 Å². The van der Waals surface area contributed by atoms with E-state index in [1.54, 1.807) is 6.08 Å². The Morgan fingerprint density at radius 3 is 2.09 bits per heavy atom. The van der Waals surface area contributed by atoms with Crippen molar-refractivity contribution in [3.63, 3.8) is 0 Å². The first-order valence-electron chi connectivity index (χ1n) is 6.73. The normalized spacial score (nSPS) is 28.1. The first kappa shape index (κ1) is 18.9. The summed E-state index contributed by atoms with van der Waals surface area (Å²) in [7, 11) is 4.57. The molecule has 0 aliphatic heterocycles. The van der Waals surface area contributed by atoms with Crippen molar-refractivity contribution in [3.05, 3.63) is 22.1 Å². The van der Waals surface area contributed by atoms with E-state index in [1.807, 2.05) is 6.92 Å². The minimum Gasteiger partial charge on any atom is -0.359 e. The van der Waals surface area contributed by atoms with Crippen molar-refractivity contribution < 1.29 is 28.4 Å². The maximum atomic E-state index is 8.74. The molecule has 1 aliphatic carbocycles. The molecule has 0 N–H and O–H groups in total. The van der Waals surface area contributed by atoms with E-state index in [-0.39, 0.29) is 20.4 Å². The van der Waals surface area contributed by atoms with Gasteiger partial charge in [0.25, 0.3) is 0 Å². The van der Waals surface area contributed by atoms with Crippen LogP contribution in [-0.2, 0) is 28.4 Å². The number of hydrogen-bond donors (Lipinski definition) is 0. The SMILES string of the molecule is COCO[C@@H]1[C@@H](OCOC)[C@@H](OCOC)C(C)=C[C@H]1N=[N+]=[N-]. The summed E-state index contributed by atoms with van der Waals surface area (Å²) in [5.74, 6) is 0. The maximum Gasteiger partial charge on any atom is 0.147 e. The molecule has 0 aromatic carbocycles. The predicted octanol–water partition coefficient (Wildman–Crippen LogP) is 1.59. The molecule has 0 spiro atoms. The molecule has 0 saturated heterocycles. The van der Waals surface area contributed by atoms with Gasteiger partial charge >= 0.3 is 0 Å². The van der Waals surface area contributed by atoms with Crippen molar-refractivity contribution in [2.24, 2.45) is 5.11 Å². The van der Waals surface area contributed by atoms with Gasteiger partial charge in [0, 0.05) is 26.2 Å². The van der Waals surface area contributed by atoms with Gasteiger partial charge in [-0.25, -0.2) is 0 Å². The van der Waals surface area contributed by atoms with Crippen LogP contribution in [-0.4, -0.2) is 66.1 Å². The number of methoxy groups -OCH3 is 3. The average Bonchev–Trinajstić information content (AvgIpc) is 2.51. The smallest absolute Gasteiger partial charge is 0.147 e. The highest BCUT2D eigenvalue weighted by atomic mass is 16.7. The number of nitrogens with zero attached hydrogens (tertiary/aromatic N) is 3. The lowest BCUT2D eigenvalue weighted by molar-refractivity contribution is -0.205. The van der Waals surface area contributed by atoms with Gasteiger partial charge in [-0.2, -0.15) is 0 Å². The Labute approximate surface area is 129 Å². The molecule has 9 heteroatoms. The Morgan fingerprint density at radius 2 is 1.55 bits per heavy atom. The Balaban J connectivity index is 3.02. The van der Waals surface area contributed by atoms with E-state index in [4.69, 9.17) is 34.0 Å². The second-order valence-corrected chi connectivity index (χ2v) is 4.68. The van der Waals surface area contributed by atoms with Crippen molar-refractivity contribution in [2.45, 2.75) is 31.3 Å². The van der Waals surface area contributed by atoms with E-state index in [0.717, 1.165) is 5.57 Å². The van der Waals surface area contributed by atoms with Crippen molar-refractivity contribution in [2.75, 3.05) is 41.7 Å². The second kappa shape index (κ2) is 10.5. The standard InChI is InChI=1S/C13H23N3O6/c1-9-5-10(15-16-14)12(21-7-18-3)13(22-8-19-4)11(9)20-6-17-2/h5,10-13H,6-8H2,1-4H3/t10-,11+,12+,13+/m1/s1. The number of rotatable bonds is 10. The highest BCUT2D eigenvalue weighted by Gasteiger charge is 2.41. The molecule has 4 atom stereocenters. The molecular formula is C13H23N3O6. The third-order valence-electron chi connectivity index (χ3n) is 3.15. The summed E-state index contributed by atoms with van der Waals surface area (Å²) in [6, 6.07) is -0.524. The van der Waals surface area contributed by atoms with Crippen molar-refractivity contribution in [1.82, 2.24) is 0 Å². The van der Waals surface area contributed by atoms with Crippen LogP contribution < -0.4 is 0 Å². The van der Waals surface area contributed by atoms with Crippen LogP contribution >= 0.6 is 0 Å². The monoisotopic (exact) mass is 317 g/mol. The largest absolute Gasteiger partial charge is 0.359 e.